The van der Waals surface area contributed by atoms with Gasteiger partial charge in [-0.25, -0.2) is 9.97 Å². The number of halogens is 4. The van der Waals surface area contributed by atoms with Crippen LogP contribution in [0, 0.1) is 6.92 Å². The molecule has 0 aliphatic carbocycles. The lowest BCUT2D eigenvalue weighted by molar-refractivity contribution is -0.137. The van der Waals surface area contributed by atoms with E-state index in [1.807, 2.05) is 35.8 Å². The van der Waals surface area contributed by atoms with Gasteiger partial charge in [0.05, 0.1) is 34.0 Å². The third-order valence-electron chi connectivity index (χ3n) is 4.13. The van der Waals surface area contributed by atoms with Crippen LogP contribution in [0.3, 0.4) is 0 Å². The normalized spacial score (nSPS) is 11.8. The van der Waals surface area contributed by atoms with Crippen molar-refractivity contribution < 1.29 is 13.2 Å². The Morgan fingerprint density at radius 3 is 2.57 bits per heavy atom. The summed E-state index contributed by atoms with van der Waals surface area (Å²) in [4.78, 5) is 13.2. The lowest BCUT2D eigenvalue weighted by atomic mass is 10.2. The average Bonchev–Trinajstić information content (AvgIpc) is 2.96. The molecule has 9 heteroatoms. The fourth-order valence-corrected chi connectivity index (χ4v) is 3.22. The number of hydrogen-bond acceptors (Lipinski definition) is 4. The third-order valence-corrected chi connectivity index (χ3v) is 4.44. The largest absolute Gasteiger partial charge is 0.417 e. The molecule has 0 aliphatic rings. The van der Waals surface area contributed by atoms with Gasteiger partial charge in [-0.05, 0) is 37.3 Å². The summed E-state index contributed by atoms with van der Waals surface area (Å²) in [5, 5.41) is 2.54. The molecule has 28 heavy (non-hydrogen) atoms. The number of fused-ring (bicyclic) bond motifs is 1. The lowest BCUT2D eigenvalue weighted by Gasteiger charge is -2.12. The van der Waals surface area contributed by atoms with Crippen molar-refractivity contribution in [2.75, 3.05) is 5.32 Å². The first-order valence-corrected chi connectivity index (χ1v) is 8.61. The number of anilines is 2. The molecule has 2 heterocycles. The van der Waals surface area contributed by atoms with Crippen LogP contribution in [0.5, 0.6) is 0 Å². The maximum absolute atomic E-state index is 12.8. The van der Waals surface area contributed by atoms with Gasteiger partial charge in [-0.3, -0.25) is 9.55 Å². The molecule has 2 aromatic carbocycles. The quantitative estimate of drug-likeness (QED) is 0.488. The number of rotatable bonds is 3. The number of benzene rings is 2. The van der Waals surface area contributed by atoms with E-state index in [4.69, 9.17) is 11.6 Å². The van der Waals surface area contributed by atoms with Crippen LogP contribution in [0.1, 0.15) is 11.4 Å². The summed E-state index contributed by atoms with van der Waals surface area (Å²) >= 11 is 5.77. The third kappa shape index (κ3) is 3.38. The van der Waals surface area contributed by atoms with E-state index < -0.39 is 16.8 Å². The minimum atomic E-state index is -4.50. The number of imidazole rings is 1. The second-order valence-electron chi connectivity index (χ2n) is 6.06. The van der Waals surface area contributed by atoms with Crippen LogP contribution in [-0.4, -0.2) is 19.5 Å². The molecule has 0 bridgehead atoms. The Balaban J connectivity index is 1.68. The van der Waals surface area contributed by atoms with Crippen LogP contribution in [0.15, 0.2) is 54.9 Å². The topological polar surface area (TPSA) is 55.6 Å². The highest BCUT2D eigenvalue weighted by atomic mass is 35.5. The fourth-order valence-electron chi connectivity index (χ4n) is 2.93. The average molecular weight is 404 g/mol. The second kappa shape index (κ2) is 6.79. The van der Waals surface area contributed by atoms with Crippen molar-refractivity contribution in [3.05, 3.63) is 71.3 Å². The van der Waals surface area contributed by atoms with Gasteiger partial charge in [-0.1, -0.05) is 23.7 Å². The Kier molecular flexibility index (Phi) is 4.43. The van der Waals surface area contributed by atoms with Gasteiger partial charge in [0.15, 0.2) is 11.6 Å². The molecule has 0 unspecified atom stereocenters. The molecular formula is C19H13ClF3N5. The Bertz CT molecular complexity index is 1170. The van der Waals surface area contributed by atoms with E-state index in [0.29, 0.717) is 17.3 Å². The number of aryl methyl sites for hydroxylation is 1. The first-order chi connectivity index (χ1) is 13.3. The van der Waals surface area contributed by atoms with E-state index in [9.17, 15) is 13.2 Å². The van der Waals surface area contributed by atoms with Crippen molar-refractivity contribution in [2.24, 2.45) is 0 Å². The van der Waals surface area contributed by atoms with Crippen LogP contribution in [-0.2, 0) is 6.18 Å². The first-order valence-electron chi connectivity index (χ1n) is 8.23. The Morgan fingerprint density at radius 1 is 1.04 bits per heavy atom. The highest BCUT2D eigenvalue weighted by Crippen LogP contribution is 2.36. The highest BCUT2D eigenvalue weighted by Gasteiger charge is 2.33. The predicted octanol–water partition coefficient (Wildman–Crippen LogP) is 5.54. The maximum atomic E-state index is 12.8. The van der Waals surface area contributed by atoms with Crippen molar-refractivity contribution in [3.8, 4) is 5.82 Å². The number of nitrogens with one attached hydrogen (secondary N) is 1. The van der Waals surface area contributed by atoms with E-state index in [1.165, 1.54) is 18.3 Å². The van der Waals surface area contributed by atoms with Crippen molar-refractivity contribution >= 4 is 34.1 Å². The molecule has 5 nitrogen and oxygen atoms in total. The zero-order valence-corrected chi connectivity index (χ0v) is 15.3. The molecule has 0 spiro atoms. The summed E-state index contributed by atoms with van der Waals surface area (Å²) < 4.78 is 40.4. The summed E-state index contributed by atoms with van der Waals surface area (Å²) in [6, 6.07) is 11.1. The molecule has 4 aromatic rings. The molecule has 2 aromatic heterocycles. The van der Waals surface area contributed by atoms with Gasteiger partial charge in [0.1, 0.15) is 5.82 Å². The van der Waals surface area contributed by atoms with Crippen LogP contribution in [0.25, 0.3) is 16.9 Å². The monoisotopic (exact) mass is 403 g/mol. The molecule has 0 radical (unpaired) electrons. The molecule has 1 N–H and O–H groups in total. The van der Waals surface area contributed by atoms with Crippen LogP contribution in [0.4, 0.5) is 24.7 Å². The lowest BCUT2D eigenvalue weighted by Crippen LogP contribution is -2.06. The molecular weight excluding hydrogens is 391 g/mol. The number of alkyl halides is 3. The van der Waals surface area contributed by atoms with Gasteiger partial charge in [0.2, 0.25) is 0 Å². The summed E-state index contributed by atoms with van der Waals surface area (Å²) in [6.07, 6.45) is -1.44. The fraction of sp³-hybridized carbons (Fsp3) is 0.105. The van der Waals surface area contributed by atoms with E-state index in [-0.39, 0.29) is 0 Å². The number of para-hydroxylation sites is 2. The smallest absolute Gasteiger partial charge is 0.339 e. The molecule has 0 saturated carbocycles. The molecule has 0 aliphatic heterocycles. The minimum absolute atomic E-state index is 0.366. The summed E-state index contributed by atoms with van der Waals surface area (Å²) in [5.74, 6) is 1.64. The SMILES string of the molecule is Cc1nc2ccccc2n1-c1cncc(Nc2ccc(C(F)(F)F)c(Cl)c2)n1. The van der Waals surface area contributed by atoms with E-state index in [1.54, 1.807) is 6.20 Å². The standard InChI is InChI=1S/C19H13ClF3N5/c1-11-25-15-4-2-3-5-16(15)28(11)18-10-24-9-17(27-18)26-12-6-7-13(14(20)8-12)19(21,22)23/h2-10H,1H3,(H,26,27). The van der Waals surface area contributed by atoms with Gasteiger partial charge >= 0.3 is 6.18 Å². The van der Waals surface area contributed by atoms with E-state index in [2.05, 4.69) is 20.3 Å². The maximum Gasteiger partial charge on any atom is 0.417 e. The Labute approximate surface area is 162 Å². The molecule has 4 rings (SSSR count). The summed E-state index contributed by atoms with van der Waals surface area (Å²) in [5.41, 5.74) is 1.19. The van der Waals surface area contributed by atoms with Crippen molar-refractivity contribution in [1.29, 1.82) is 0 Å². The predicted molar refractivity (Wildman–Crippen MR) is 101 cm³/mol. The molecule has 0 fully saturated rings. The summed E-state index contributed by atoms with van der Waals surface area (Å²) in [7, 11) is 0. The molecule has 142 valence electrons. The van der Waals surface area contributed by atoms with Crippen LogP contribution in [0.2, 0.25) is 5.02 Å². The molecule has 0 atom stereocenters. The number of nitrogens with zero attached hydrogens (tertiary/aromatic N) is 4. The van der Waals surface area contributed by atoms with E-state index in [0.717, 1.165) is 22.9 Å². The summed E-state index contributed by atoms with van der Waals surface area (Å²) in [6.45, 7) is 1.86. The zero-order chi connectivity index (χ0) is 19.9. The van der Waals surface area contributed by atoms with E-state index >= 15 is 0 Å². The van der Waals surface area contributed by atoms with Gasteiger partial charge < -0.3 is 5.32 Å². The molecule has 0 amide bonds. The Hall–Kier alpha value is -3.13. The van der Waals surface area contributed by atoms with Gasteiger partial charge in [0.25, 0.3) is 0 Å². The van der Waals surface area contributed by atoms with Crippen molar-refractivity contribution in [1.82, 2.24) is 19.5 Å². The first kappa shape index (κ1) is 18.2. The Morgan fingerprint density at radius 2 is 1.82 bits per heavy atom. The molecule has 0 saturated heterocycles. The van der Waals surface area contributed by atoms with Crippen molar-refractivity contribution in [3.63, 3.8) is 0 Å². The van der Waals surface area contributed by atoms with Gasteiger partial charge in [-0.15, -0.1) is 0 Å². The zero-order valence-electron chi connectivity index (χ0n) is 14.5. The van der Waals surface area contributed by atoms with Gasteiger partial charge in [0, 0.05) is 5.69 Å². The van der Waals surface area contributed by atoms with Crippen LogP contribution >= 0.6 is 11.6 Å². The number of hydrogen-bond donors (Lipinski definition) is 1. The van der Waals surface area contributed by atoms with Crippen molar-refractivity contribution in [2.45, 2.75) is 13.1 Å². The number of aromatic nitrogens is 4. The highest BCUT2D eigenvalue weighted by molar-refractivity contribution is 6.31. The minimum Gasteiger partial charge on any atom is -0.339 e. The second-order valence-corrected chi connectivity index (χ2v) is 6.47. The van der Waals surface area contributed by atoms with Gasteiger partial charge in [-0.2, -0.15) is 13.2 Å². The van der Waals surface area contributed by atoms with Crippen LogP contribution < -0.4 is 5.32 Å².